The predicted octanol–water partition coefficient (Wildman–Crippen LogP) is 4.69. The maximum atomic E-state index is 11.1. The molecule has 0 aromatic carbocycles. The van der Waals surface area contributed by atoms with Crippen LogP contribution in [0.4, 0.5) is 0 Å². The first-order chi connectivity index (χ1) is 12.1. The van der Waals surface area contributed by atoms with Crippen LogP contribution in [0.15, 0.2) is 36.5 Å². The van der Waals surface area contributed by atoms with E-state index in [4.69, 9.17) is 0 Å². The lowest BCUT2D eigenvalue weighted by Crippen LogP contribution is -2.32. The van der Waals surface area contributed by atoms with Crippen LogP contribution in [0.25, 0.3) is 0 Å². The molecule has 0 amide bonds. The zero-order chi connectivity index (χ0) is 18.8. The molecule has 1 radical (unpaired) electrons. The van der Waals surface area contributed by atoms with E-state index < -0.39 is 17.1 Å². The molecule has 0 bridgehead atoms. The Labute approximate surface area is 151 Å². The van der Waals surface area contributed by atoms with Crippen LogP contribution in [0.5, 0.6) is 0 Å². The number of aliphatic hydroxyl groups excluding tert-OH is 1. The maximum Gasteiger partial charge on any atom is 0.242 e. The van der Waals surface area contributed by atoms with Crippen LogP contribution in [0.2, 0.25) is 0 Å². The van der Waals surface area contributed by atoms with E-state index in [1.165, 1.54) is 19.3 Å². The Kier molecular flexibility index (Phi) is 15.9. The molecule has 2 unspecified atom stereocenters. The van der Waals surface area contributed by atoms with E-state index in [1.54, 1.807) is 12.2 Å². The van der Waals surface area contributed by atoms with Gasteiger partial charge in [-0.3, -0.25) is 14.9 Å². The highest BCUT2D eigenvalue weighted by Crippen LogP contribution is 2.10. The molecule has 0 fully saturated rings. The summed E-state index contributed by atoms with van der Waals surface area (Å²) < 4.78 is 0. The van der Waals surface area contributed by atoms with Crippen molar-refractivity contribution in [3.63, 3.8) is 0 Å². The number of carbonyl (C=O) groups excluding carboxylic acids is 1. The van der Waals surface area contributed by atoms with Gasteiger partial charge in [0.25, 0.3) is 0 Å². The molecular formula is C20H32NO4. The van der Waals surface area contributed by atoms with Gasteiger partial charge in [-0.25, -0.2) is 0 Å². The summed E-state index contributed by atoms with van der Waals surface area (Å²) in [5, 5.41) is 21.1. The predicted molar refractivity (Wildman–Crippen MR) is 102 cm³/mol. The van der Waals surface area contributed by atoms with Gasteiger partial charge in [-0.05, 0) is 38.5 Å². The Morgan fingerprint density at radius 3 is 2.32 bits per heavy atom. The van der Waals surface area contributed by atoms with E-state index in [2.05, 4.69) is 19.1 Å². The van der Waals surface area contributed by atoms with Gasteiger partial charge in [-0.1, -0.05) is 56.2 Å². The zero-order valence-corrected chi connectivity index (χ0v) is 15.3. The highest BCUT2D eigenvalue weighted by atomic mass is 16.6. The number of nitrogens with zero attached hydrogens (tertiary/aromatic N) is 1. The summed E-state index contributed by atoms with van der Waals surface area (Å²) in [5.74, 6) is 0. The van der Waals surface area contributed by atoms with Gasteiger partial charge in [-0.2, -0.15) is 0 Å². The number of allylic oxidation sites excluding steroid dienone is 4. The summed E-state index contributed by atoms with van der Waals surface area (Å²) in [6, 6.07) is -0.988. The van der Waals surface area contributed by atoms with Gasteiger partial charge in [0.05, 0.1) is 0 Å². The first-order valence-corrected chi connectivity index (χ1v) is 9.25. The first kappa shape index (κ1) is 23.2. The number of hydrogen-bond acceptors (Lipinski definition) is 4. The van der Waals surface area contributed by atoms with Crippen LogP contribution in [-0.2, 0) is 4.79 Å². The molecule has 0 aliphatic carbocycles. The second-order valence-electron chi connectivity index (χ2n) is 6.07. The smallest absolute Gasteiger partial charge is 0.242 e. The van der Waals surface area contributed by atoms with Crippen LogP contribution in [0.3, 0.4) is 0 Å². The monoisotopic (exact) mass is 350 g/mol. The van der Waals surface area contributed by atoms with Gasteiger partial charge in [-0.15, -0.1) is 0 Å². The highest BCUT2D eigenvalue weighted by molar-refractivity contribution is 5.50. The first-order valence-electron chi connectivity index (χ1n) is 9.25. The van der Waals surface area contributed by atoms with Crippen molar-refractivity contribution in [3.05, 3.63) is 46.6 Å². The number of nitro groups is 1. The SMILES string of the molecule is CCCCC/C=C\C/C=C\CC(C(O)C/C=C\CCC[C]=O)[N+](=O)[O-]. The molecule has 25 heavy (non-hydrogen) atoms. The fourth-order valence-electron chi connectivity index (χ4n) is 2.32. The largest absolute Gasteiger partial charge is 0.386 e. The Morgan fingerprint density at radius 2 is 1.64 bits per heavy atom. The Hall–Kier alpha value is -1.75. The molecule has 141 valence electrons. The van der Waals surface area contributed by atoms with E-state index in [9.17, 15) is 20.0 Å². The third kappa shape index (κ3) is 14.3. The lowest BCUT2D eigenvalue weighted by atomic mass is 10.0. The lowest BCUT2D eigenvalue weighted by Gasteiger charge is -2.12. The molecule has 0 saturated carbocycles. The van der Waals surface area contributed by atoms with Crippen molar-refractivity contribution < 1.29 is 14.8 Å². The summed E-state index contributed by atoms with van der Waals surface area (Å²) in [6.45, 7) is 2.18. The van der Waals surface area contributed by atoms with Gasteiger partial charge in [0.2, 0.25) is 6.04 Å². The third-order valence-electron chi connectivity index (χ3n) is 3.87. The van der Waals surface area contributed by atoms with Crippen molar-refractivity contribution in [2.45, 2.75) is 83.3 Å². The number of rotatable bonds is 16. The van der Waals surface area contributed by atoms with Crippen molar-refractivity contribution in [2.75, 3.05) is 0 Å². The molecule has 0 spiro atoms. The van der Waals surface area contributed by atoms with Crippen LogP contribution >= 0.6 is 0 Å². The van der Waals surface area contributed by atoms with Crippen molar-refractivity contribution in [2.24, 2.45) is 0 Å². The number of hydrogen-bond donors (Lipinski definition) is 1. The molecule has 0 rings (SSSR count). The van der Waals surface area contributed by atoms with Gasteiger partial charge in [0.15, 0.2) is 6.29 Å². The molecule has 5 nitrogen and oxygen atoms in total. The molecule has 0 aliphatic rings. The van der Waals surface area contributed by atoms with Gasteiger partial charge < -0.3 is 5.11 Å². The Balaban J connectivity index is 4.08. The second-order valence-corrected chi connectivity index (χ2v) is 6.07. The van der Waals surface area contributed by atoms with E-state index >= 15 is 0 Å². The minimum absolute atomic E-state index is 0.228. The standard InChI is InChI=1S/C20H32NO4/c1-2-3-4-5-6-7-8-10-13-16-19(21(24)25)20(23)17-14-11-9-12-15-18-22/h6-7,10-11,13-14,19-20,23H,2-5,8-9,12,15-17H2,1H3/b7-6-,13-10-,14-11-. The molecular weight excluding hydrogens is 318 g/mol. The summed E-state index contributed by atoms with van der Waals surface area (Å²) in [5.41, 5.74) is 0. The topological polar surface area (TPSA) is 80.4 Å². The fraction of sp³-hybridized carbons (Fsp3) is 0.650. The lowest BCUT2D eigenvalue weighted by molar-refractivity contribution is -0.533. The molecule has 0 aromatic heterocycles. The van der Waals surface area contributed by atoms with Crippen molar-refractivity contribution >= 4 is 6.29 Å². The fourth-order valence-corrected chi connectivity index (χ4v) is 2.32. The molecule has 0 heterocycles. The van der Waals surface area contributed by atoms with Crippen LogP contribution < -0.4 is 0 Å². The minimum Gasteiger partial charge on any atom is -0.386 e. The highest BCUT2D eigenvalue weighted by Gasteiger charge is 2.27. The van der Waals surface area contributed by atoms with Gasteiger partial charge in [0, 0.05) is 17.8 Å². The number of aliphatic hydroxyl groups is 1. The Morgan fingerprint density at radius 1 is 1.00 bits per heavy atom. The second kappa shape index (κ2) is 17.1. The quantitative estimate of drug-likeness (QED) is 0.189. The van der Waals surface area contributed by atoms with Crippen LogP contribution in [0, 0.1) is 10.1 Å². The maximum absolute atomic E-state index is 11.1. The summed E-state index contributed by atoms with van der Waals surface area (Å²) >= 11 is 0. The molecule has 0 saturated heterocycles. The average Bonchev–Trinajstić information content (AvgIpc) is 2.59. The van der Waals surface area contributed by atoms with Gasteiger partial charge >= 0.3 is 0 Å². The van der Waals surface area contributed by atoms with Crippen LogP contribution in [0.1, 0.15) is 71.1 Å². The van der Waals surface area contributed by atoms with Crippen molar-refractivity contribution in [3.8, 4) is 0 Å². The van der Waals surface area contributed by atoms with Crippen LogP contribution in [-0.4, -0.2) is 28.5 Å². The molecule has 2 atom stereocenters. The van der Waals surface area contributed by atoms with E-state index in [-0.39, 0.29) is 12.8 Å². The van der Waals surface area contributed by atoms with Crippen molar-refractivity contribution in [1.29, 1.82) is 0 Å². The molecule has 1 N–H and O–H groups in total. The molecule has 0 aromatic rings. The van der Waals surface area contributed by atoms with Gasteiger partial charge in [0.1, 0.15) is 6.10 Å². The van der Waals surface area contributed by atoms with Crippen molar-refractivity contribution in [1.82, 2.24) is 0 Å². The molecule has 5 heteroatoms. The minimum atomic E-state index is -1.00. The summed E-state index contributed by atoms with van der Waals surface area (Å²) in [6.07, 6.45) is 20.1. The number of unbranched alkanes of at least 4 members (excludes halogenated alkanes) is 5. The van der Waals surface area contributed by atoms with E-state index in [0.29, 0.717) is 12.8 Å². The van der Waals surface area contributed by atoms with E-state index in [0.717, 1.165) is 19.3 Å². The summed E-state index contributed by atoms with van der Waals surface area (Å²) in [4.78, 5) is 20.8. The Bertz CT molecular complexity index is 429. The average molecular weight is 350 g/mol. The zero-order valence-electron chi connectivity index (χ0n) is 15.3. The van der Waals surface area contributed by atoms with E-state index in [1.807, 2.05) is 18.4 Å². The third-order valence-corrected chi connectivity index (χ3v) is 3.87. The summed E-state index contributed by atoms with van der Waals surface area (Å²) in [7, 11) is 0. The molecule has 0 aliphatic heterocycles. The normalized spacial score (nSPS) is 14.5.